The van der Waals surface area contributed by atoms with E-state index in [2.05, 4.69) is 42.3 Å². The maximum atomic E-state index is 5.58. The van der Waals surface area contributed by atoms with Crippen molar-refractivity contribution in [2.24, 2.45) is 0 Å². The number of benzene rings is 3. The zero-order valence-corrected chi connectivity index (χ0v) is 17.1. The molecule has 0 fully saturated rings. The third kappa shape index (κ3) is 3.59. The minimum atomic E-state index is 0.534. The van der Waals surface area contributed by atoms with E-state index < -0.39 is 0 Å². The van der Waals surface area contributed by atoms with Crippen molar-refractivity contribution in [2.75, 3.05) is 24.4 Å². The van der Waals surface area contributed by atoms with Crippen LogP contribution in [-0.2, 0) is 0 Å². The summed E-state index contributed by atoms with van der Waals surface area (Å²) >= 11 is 0. The van der Waals surface area contributed by atoms with Crippen LogP contribution in [0.1, 0.15) is 11.1 Å². The molecule has 0 aliphatic carbocycles. The Balaban J connectivity index is 1.90. The molecule has 0 aliphatic heterocycles. The number of hydrogen-bond donors (Lipinski definition) is 1. The van der Waals surface area contributed by atoms with E-state index in [1.54, 1.807) is 7.11 Å². The number of nitrogens with one attached hydrogen (secondary N) is 1. The summed E-state index contributed by atoms with van der Waals surface area (Å²) < 4.78 is 5.58. The normalized spacial score (nSPS) is 10.8. The largest absolute Gasteiger partial charge is 0.494 e. The smallest absolute Gasteiger partial charge is 0.229 e. The number of aryl methyl sites for hydroxylation is 2. The van der Waals surface area contributed by atoms with Crippen LogP contribution < -0.4 is 15.0 Å². The number of nitrogens with zero attached hydrogens (tertiary/aromatic N) is 3. The SMILES string of the molecule is COc1cccc2c(N(C)c3ccccc3C)nc(Nc3ccccc3C)nc12. The molecule has 0 unspecified atom stereocenters. The standard InChI is InChI=1S/C24H24N4O/c1-16-10-5-7-13-19(16)25-24-26-22-18(12-9-15-21(22)29-4)23(27-24)28(3)20-14-8-6-11-17(20)2/h5-15H,1-4H3,(H,25,26,27). The molecule has 29 heavy (non-hydrogen) atoms. The van der Waals surface area contributed by atoms with Crippen LogP contribution in [0.15, 0.2) is 66.7 Å². The van der Waals surface area contributed by atoms with Crippen LogP contribution in [0.5, 0.6) is 5.75 Å². The molecule has 5 nitrogen and oxygen atoms in total. The second-order valence-corrected chi connectivity index (χ2v) is 7.01. The van der Waals surface area contributed by atoms with E-state index in [1.807, 2.05) is 55.6 Å². The number of anilines is 4. The van der Waals surface area contributed by atoms with Crippen LogP contribution >= 0.6 is 0 Å². The molecule has 4 aromatic rings. The van der Waals surface area contributed by atoms with Gasteiger partial charge in [0.25, 0.3) is 0 Å². The van der Waals surface area contributed by atoms with Crippen molar-refractivity contribution in [1.82, 2.24) is 9.97 Å². The minimum Gasteiger partial charge on any atom is -0.494 e. The molecule has 1 N–H and O–H groups in total. The first-order valence-electron chi connectivity index (χ1n) is 9.55. The predicted molar refractivity (Wildman–Crippen MR) is 120 cm³/mol. The molecule has 146 valence electrons. The highest BCUT2D eigenvalue weighted by Crippen LogP contribution is 2.35. The van der Waals surface area contributed by atoms with Crippen molar-refractivity contribution in [2.45, 2.75) is 13.8 Å². The molecule has 3 aromatic carbocycles. The molecule has 0 aliphatic rings. The monoisotopic (exact) mass is 384 g/mol. The van der Waals surface area contributed by atoms with Gasteiger partial charge in [-0.25, -0.2) is 4.98 Å². The van der Waals surface area contributed by atoms with Gasteiger partial charge >= 0.3 is 0 Å². The third-order valence-corrected chi connectivity index (χ3v) is 5.08. The maximum Gasteiger partial charge on any atom is 0.229 e. The lowest BCUT2D eigenvalue weighted by Gasteiger charge is -2.23. The molecule has 0 saturated heterocycles. The summed E-state index contributed by atoms with van der Waals surface area (Å²) in [7, 11) is 3.69. The average molecular weight is 384 g/mol. The molecule has 1 aromatic heterocycles. The summed E-state index contributed by atoms with van der Waals surface area (Å²) in [5.41, 5.74) is 5.16. The van der Waals surface area contributed by atoms with E-state index in [4.69, 9.17) is 14.7 Å². The third-order valence-electron chi connectivity index (χ3n) is 5.08. The lowest BCUT2D eigenvalue weighted by Crippen LogP contribution is -2.14. The van der Waals surface area contributed by atoms with Crippen molar-refractivity contribution in [3.8, 4) is 5.75 Å². The summed E-state index contributed by atoms with van der Waals surface area (Å²) in [6, 6.07) is 22.3. The zero-order valence-electron chi connectivity index (χ0n) is 17.1. The van der Waals surface area contributed by atoms with Gasteiger partial charge < -0.3 is 15.0 Å². The molecule has 0 amide bonds. The average Bonchev–Trinajstić information content (AvgIpc) is 2.74. The van der Waals surface area contributed by atoms with Gasteiger partial charge in [0, 0.05) is 23.8 Å². The molecule has 4 rings (SSSR count). The minimum absolute atomic E-state index is 0.534. The molecular weight excluding hydrogens is 360 g/mol. The summed E-state index contributed by atoms with van der Waals surface area (Å²) in [5.74, 6) is 2.07. The molecular formula is C24H24N4O. The number of para-hydroxylation sites is 3. The highest BCUT2D eigenvalue weighted by molar-refractivity contribution is 5.96. The first-order valence-corrected chi connectivity index (χ1v) is 9.55. The highest BCUT2D eigenvalue weighted by atomic mass is 16.5. The fraction of sp³-hybridized carbons (Fsp3) is 0.167. The van der Waals surface area contributed by atoms with E-state index in [0.717, 1.165) is 39.4 Å². The van der Waals surface area contributed by atoms with Crippen molar-refractivity contribution >= 4 is 34.0 Å². The van der Waals surface area contributed by atoms with E-state index >= 15 is 0 Å². The molecule has 0 spiro atoms. The molecule has 0 radical (unpaired) electrons. The second-order valence-electron chi connectivity index (χ2n) is 7.01. The Hall–Kier alpha value is -3.60. The topological polar surface area (TPSA) is 50.3 Å². The van der Waals surface area contributed by atoms with Gasteiger partial charge in [0.05, 0.1) is 7.11 Å². The number of aromatic nitrogens is 2. The molecule has 0 bridgehead atoms. The number of fused-ring (bicyclic) bond motifs is 1. The van der Waals surface area contributed by atoms with E-state index in [1.165, 1.54) is 5.56 Å². The zero-order chi connectivity index (χ0) is 20.4. The van der Waals surface area contributed by atoms with Gasteiger partial charge in [-0.05, 0) is 49.2 Å². The quantitative estimate of drug-likeness (QED) is 0.474. The molecule has 0 atom stereocenters. The van der Waals surface area contributed by atoms with Crippen LogP contribution in [0, 0.1) is 13.8 Å². The van der Waals surface area contributed by atoms with Crippen molar-refractivity contribution in [1.29, 1.82) is 0 Å². The molecule has 1 heterocycles. The first-order chi connectivity index (χ1) is 14.1. The van der Waals surface area contributed by atoms with Gasteiger partial charge in [0.1, 0.15) is 17.1 Å². The van der Waals surface area contributed by atoms with Crippen molar-refractivity contribution in [3.63, 3.8) is 0 Å². The number of methoxy groups -OCH3 is 1. The van der Waals surface area contributed by atoms with Crippen molar-refractivity contribution < 1.29 is 4.74 Å². The van der Waals surface area contributed by atoms with Crippen LogP contribution in [-0.4, -0.2) is 24.1 Å². The Bertz CT molecular complexity index is 1170. The van der Waals surface area contributed by atoms with Crippen LogP contribution in [0.2, 0.25) is 0 Å². The Morgan fingerprint density at radius 3 is 2.28 bits per heavy atom. The second kappa shape index (κ2) is 7.80. The van der Waals surface area contributed by atoms with E-state index in [0.29, 0.717) is 5.95 Å². The van der Waals surface area contributed by atoms with Crippen LogP contribution in [0.25, 0.3) is 10.9 Å². The summed E-state index contributed by atoms with van der Waals surface area (Å²) in [6.45, 7) is 4.16. The van der Waals surface area contributed by atoms with Gasteiger partial charge in [-0.1, -0.05) is 42.5 Å². The number of rotatable bonds is 5. The summed E-state index contributed by atoms with van der Waals surface area (Å²) in [5, 5.41) is 4.31. The van der Waals surface area contributed by atoms with Gasteiger partial charge in [0.15, 0.2) is 0 Å². The Labute approximate surface area is 171 Å². The predicted octanol–water partition coefficient (Wildman–Crippen LogP) is 5.77. The fourth-order valence-corrected chi connectivity index (χ4v) is 3.47. The van der Waals surface area contributed by atoms with Gasteiger partial charge in [-0.2, -0.15) is 4.98 Å². The van der Waals surface area contributed by atoms with Crippen LogP contribution in [0.3, 0.4) is 0 Å². The Morgan fingerprint density at radius 1 is 0.828 bits per heavy atom. The number of ether oxygens (including phenoxy) is 1. The van der Waals surface area contributed by atoms with Gasteiger partial charge in [-0.15, -0.1) is 0 Å². The maximum absolute atomic E-state index is 5.58. The summed E-state index contributed by atoms with van der Waals surface area (Å²) in [4.78, 5) is 11.7. The van der Waals surface area contributed by atoms with Crippen LogP contribution in [0.4, 0.5) is 23.1 Å². The first kappa shape index (κ1) is 18.7. The number of hydrogen-bond acceptors (Lipinski definition) is 5. The van der Waals surface area contributed by atoms with E-state index in [-0.39, 0.29) is 0 Å². The van der Waals surface area contributed by atoms with Crippen molar-refractivity contribution in [3.05, 3.63) is 77.9 Å². The Kier molecular flexibility index (Phi) is 5.04. The lowest BCUT2D eigenvalue weighted by atomic mass is 10.1. The molecule has 0 saturated carbocycles. The van der Waals surface area contributed by atoms with Gasteiger partial charge in [0.2, 0.25) is 5.95 Å². The Morgan fingerprint density at radius 2 is 1.55 bits per heavy atom. The lowest BCUT2D eigenvalue weighted by molar-refractivity contribution is 0.419. The molecule has 5 heteroatoms. The fourth-order valence-electron chi connectivity index (χ4n) is 3.47. The summed E-state index contributed by atoms with van der Waals surface area (Å²) in [6.07, 6.45) is 0. The van der Waals surface area contributed by atoms with Gasteiger partial charge in [-0.3, -0.25) is 0 Å². The highest BCUT2D eigenvalue weighted by Gasteiger charge is 2.17. The van der Waals surface area contributed by atoms with E-state index in [9.17, 15) is 0 Å².